The van der Waals surface area contributed by atoms with E-state index in [-0.39, 0.29) is 5.35 Å². The van der Waals surface area contributed by atoms with E-state index < -0.39 is 0 Å². The second-order valence-electron chi connectivity index (χ2n) is 2.75. The highest BCUT2D eigenvalue weighted by molar-refractivity contribution is 6.27. The van der Waals surface area contributed by atoms with Gasteiger partial charge in [-0.25, -0.2) is 4.98 Å². The van der Waals surface area contributed by atoms with E-state index >= 15 is 0 Å². The summed E-state index contributed by atoms with van der Waals surface area (Å²) in [6, 6.07) is 10.1. The first kappa shape index (κ1) is 8.32. The highest BCUT2D eigenvalue weighted by Gasteiger charge is 2.01. The van der Waals surface area contributed by atoms with Gasteiger partial charge in [0.25, 0.3) is 5.35 Å². The van der Waals surface area contributed by atoms with Gasteiger partial charge in [-0.05, 0) is 17.2 Å². The van der Waals surface area contributed by atoms with Crippen LogP contribution in [0.5, 0.6) is 0 Å². The third-order valence-corrected chi connectivity index (χ3v) is 1.93. The average molecular weight is 194 g/mol. The molecule has 1 heterocycles. The van der Waals surface area contributed by atoms with Crippen molar-refractivity contribution in [3.8, 4) is 0 Å². The van der Waals surface area contributed by atoms with E-state index in [1.54, 1.807) is 6.26 Å². The van der Waals surface area contributed by atoms with E-state index in [1.807, 2.05) is 30.3 Å². The molecule has 0 bridgehead atoms. The number of benzene rings is 1. The zero-order valence-electron chi connectivity index (χ0n) is 6.90. The Bertz CT molecular complexity index is 383. The molecule has 0 aliphatic heterocycles. The normalized spacial score (nSPS) is 10.2. The van der Waals surface area contributed by atoms with E-state index in [1.165, 1.54) is 5.56 Å². The molecular formula is C10H8ClNO. The number of aromatic nitrogens is 1. The SMILES string of the molecule is Clc1nc(Cc2ccccc2)co1. The monoisotopic (exact) mass is 193 g/mol. The van der Waals surface area contributed by atoms with Gasteiger partial charge in [0.2, 0.25) is 0 Å². The summed E-state index contributed by atoms with van der Waals surface area (Å²) >= 11 is 5.55. The molecule has 13 heavy (non-hydrogen) atoms. The van der Waals surface area contributed by atoms with Gasteiger partial charge < -0.3 is 4.42 Å². The Kier molecular flexibility index (Phi) is 2.32. The van der Waals surface area contributed by atoms with Crippen LogP contribution in [0.1, 0.15) is 11.3 Å². The Hall–Kier alpha value is -1.28. The predicted octanol–water partition coefficient (Wildman–Crippen LogP) is 2.92. The Morgan fingerprint density at radius 3 is 2.62 bits per heavy atom. The minimum atomic E-state index is 0.200. The van der Waals surface area contributed by atoms with Crippen LogP contribution in [0.15, 0.2) is 41.0 Å². The molecule has 0 atom stereocenters. The lowest BCUT2D eigenvalue weighted by Gasteiger charge is -1.94. The average Bonchev–Trinajstić information content (AvgIpc) is 2.53. The topological polar surface area (TPSA) is 26.0 Å². The zero-order valence-corrected chi connectivity index (χ0v) is 7.66. The summed E-state index contributed by atoms with van der Waals surface area (Å²) in [5.74, 6) is 0. The summed E-state index contributed by atoms with van der Waals surface area (Å²) in [5.41, 5.74) is 2.06. The minimum Gasteiger partial charge on any atom is -0.436 e. The van der Waals surface area contributed by atoms with Gasteiger partial charge in [-0.3, -0.25) is 0 Å². The number of nitrogens with zero attached hydrogens (tertiary/aromatic N) is 1. The lowest BCUT2D eigenvalue weighted by Crippen LogP contribution is -1.86. The molecule has 0 amide bonds. The fraction of sp³-hybridized carbons (Fsp3) is 0.100. The highest BCUT2D eigenvalue weighted by atomic mass is 35.5. The molecule has 0 spiro atoms. The Morgan fingerprint density at radius 2 is 2.00 bits per heavy atom. The second kappa shape index (κ2) is 3.62. The molecule has 0 aliphatic rings. The molecule has 2 nitrogen and oxygen atoms in total. The van der Waals surface area contributed by atoms with Crippen molar-refractivity contribution < 1.29 is 4.42 Å². The largest absolute Gasteiger partial charge is 0.436 e. The third-order valence-electron chi connectivity index (χ3n) is 1.75. The molecule has 0 aliphatic carbocycles. The molecule has 1 aromatic heterocycles. The Morgan fingerprint density at radius 1 is 1.23 bits per heavy atom. The van der Waals surface area contributed by atoms with Gasteiger partial charge in [0.05, 0.1) is 5.69 Å². The molecule has 0 radical (unpaired) electrons. The van der Waals surface area contributed by atoms with E-state index in [9.17, 15) is 0 Å². The number of hydrogen-bond donors (Lipinski definition) is 0. The van der Waals surface area contributed by atoms with Crippen LogP contribution in [0.3, 0.4) is 0 Å². The van der Waals surface area contributed by atoms with Gasteiger partial charge in [-0.1, -0.05) is 30.3 Å². The summed E-state index contributed by atoms with van der Waals surface area (Å²) in [6.45, 7) is 0. The highest BCUT2D eigenvalue weighted by Crippen LogP contribution is 2.11. The van der Waals surface area contributed by atoms with E-state index in [2.05, 4.69) is 4.98 Å². The molecule has 0 fully saturated rings. The second-order valence-corrected chi connectivity index (χ2v) is 3.08. The van der Waals surface area contributed by atoms with Gasteiger partial charge in [0, 0.05) is 6.42 Å². The van der Waals surface area contributed by atoms with Crippen LogP contribution in [0.25, 0.3) is 0 Å². The number of halogens is 1. The molecule has 0 saturated heterocycles. The van der Waals surface area contributed by atoms with Crippen LogP contribution in [-0.4, -0.2) is 4.98 Å². The van der Waals surface area contributed by atoms with Crippen LogP contribution >= 0.6 is 11.6 Å². The minimum absolute atomic E-state index is 0.200. The van der Waals surface area contributed by atoms with Crippen molar-refractivity contribution in [2.24, 2.45) is 0 Å². The quantitative estimate of drug-likeness (QED) is 0.733. The van der Waals surface area contributed by atoms with Crippen molar-refractivity contribution >= 4 is 11.6 Å². The molecule has 66 valence electrons. The molecule has 3 heteroatoms. The van der Waals surface area contributed by atoms with Crippen LogP contribution < -0.4 is 0 Å². The van der Waals surface area contributed by atoms with E-state index in [0.717, 1.165) is 12.1 Å². The molecule has 0 unspecified atom stereocenters. The van der Waals surface area contributed by atoms with E-state index in [0.29, 0.717) is 0 Å². The standard InChI is InChI=1S/C10H8ClNO/c11-10-12-9(7-13-10)6-8-4-2-1-3-5-8/h1-5,7H,6H2. The van der Waals surface area contributed by atoms with Crippen molar-refractivity contribution in [2.45, 2.75) is 6.42 Å². The summed E-state index contributed by atoms with van der Waals surface area (Å²) < 4.78 is 4.89. The molecule has 2 rings (SSSR count). The molecule has 2 aromatic rings. The van der Waals surface area contributed by atoms with Crippen molar-refractivity contribution in [3.63, 3.8) is 0 Å². The molecular weight excluding hydrogens is 186 g/mol. The zero-order chi connectivity index (χ0) is 9.10. The number of oxazole rings is 1. The van der Waals surface area contributed by atoms with Gasteiger partial charge in [0.15, 0.2) is 0 Å². The maximum atomic E-state index is 5.55. The fourth-order valence-electron chi connectivity index (χ4n) is 1.17. The van der Waals surface area contributed by atoms with Gasteiger partial charge in [-0.15, -0.1) is 0 Å². The fourth-order valence-corrected chi connectivity index (χ4v) is 1.32. The Labute approximate surface area is 81.2 Å². The lowest BCUT2D eigenvalue weighted by molar-refractivity contribution is 0.559. The smallest absolute Gasteiger partial charge is 0.292 e. The van der Waals surface area contributed by atoms with Crippen LogP contribution in [0.4, 0.5) is 0 Å². The third kappa shape index (κ3) is 2.10. The van der Waals surface area contributed by atoms with Crippen molar-refractivity contribution in [1.82, 2.24) is 4.98 Å². The summed E-state index contributed by atoms with van der Waals surface area (Å²) in [4.78, 5) is 4.00. The van der Waals surface area contributed by atoms with Crippen molar-refractivity contribution in [1.29, 1.82) is 0 Å². The first-order valence-corrected chi connectivity index (χ1v) is 4.36. The molecule has 1 aromatic carbocycles. The maximum absolute atomic E-state index is 5.55. The van der Waals surface area contributed by atoms with E-state index in [4.69, 9.17) is 16.0 Å². The first-order chi connectivity index (χ1) is 6.34. The van der Waals surface area contributed by atoms with Crippen LogP contribution in [0, 0.1) is 0 Å². The number of hydrogen-bond acceptors (Lipinski definition) is 2. The van der Waals surface area contributed by atoms with Crippen LogP contribution in [-0.2, 0) is 6.42 Å². The van der Waals surface area contributed by atoms with Crippen molar-refractivity contribution in [3.05, 3.63) is 53.2 Å². The molecule has 0 N–H and O–H groups in total. The maximum Gasteiger partial charge on any atom is 0.292 e. The van der Waals surface area contributed by atoms with Gasteiger partial charge in [-0.2, -0.15) is 0 Å². The summed E-state index contributed by atoms with van der Waals surface area (Å²) in [5, 5.41) is 0.200. The van der Waals surface area contributed by atoms with Crippen LogP contribution in [0.2, 0.25) is 5.35 Å². The Balaban J connectivity index is 2.15. The number of rotatable bonds is 2. The lowest BCUT2D eigenvalue weighted by atomic mass is 10.1. The van der Waals surface area contributed by atoms with Gasteiger partial charge >= 0.3 is 0 Å². The first-order valence-electron chi connectivity index (χ1n) is 3.98. The predicted molar refractivity (Wildman–Crippen MR) is 50.8 cm³/mol. The van der Waals surface area contributed by atoms with Gasteiger partial charge in [0.1, 0.15) is 6.26 Å². The van der Waals surface area contributed by atoms with Crippen molar-refractivity contribution in [2.75, 3.05) is 0 Å². The molecule has 0 saturated carbocycles. The summed E-state index contributed by atoms with van der Waals surface area (Å²) in [7, 11) is 0. The summed E-state index contributed by atoms with van der Waals surface area (Å²) in [6.07, 6.45) is 2.34.